The molecule has 0 spiro atoms. The molecule has 0 saturated heterocycles. The summed E-state index contributed by atoms with van der Waals surface area (Å²) >= 11 is -0.591. The summed E-state index contributed by atoms with van der Waals surface area (Å²) in [5.74, 6) is -0.535. The second-order valence-corrected chi connectivity index (χ2v) is 10.6. The van der Waals surface area contributed by atoms with Gasteiger partial charge in [-0.2, -0.15) is 13.1 Å². The number of esters is 1. The van der Waals surface area contributed by atoms with Crippen LogP contribution < -0.4 is 0 Å². The zero-order chi connectivity index (χ0) is 21.4. The molecule has 4 aliphatic carbocycles. The average molecular weight is 441 g/mol. The fourth-order valence-electron chi connectivity index (χ4n) is 6.75. The summed E-state index contributed by atoms with van der Waals surface area (Å²) in [5.41, 5.74) is 2.54. The van der Waals surface area contributed by atoms with Crippen LogP contribution in [0.25, 0.3) is 0 Å². The van der Waals surface area contributed by atoms with Crippen LogP contribution in [0.15, 0.2) is 24.3 Å². The molecule has 7 heteroatoms. The van der Waals surface area contributed by atoms with Crippen molar-refractivity contribution in [3.05, 3.63) is 35.4 Å². The fraction of sp³-hybridized carbons (Fsp3) is 0.696. The van der Waals surface area contributed by atoms with Gasteiger partial charge in [-0.05, 0) is 79.7 Å². The molecule has 4 bridgehead atoms. The molecule has 0 radical (unpaired) electrons. The van der Waals surface area contributed by atoms with Crippen molar-refractivity contribution in [1.82, 2.24) is 0 Å². The first-order chi connectivity index (χ1) is 14.3. The number of halogens is 2. The molecule has 2 unspecified atom stereocenters. The Morgan fingerprint density at radius 3 is 2.47 bits per heavy atom. The van der Waals surface area contributed by atoms with E-state index in [1.807, 2.05) is 0 Å². The number of alkyl halides is 2. The van der Waals surface area contributed by atoms with Gasteiger partial charge in [-0.3, -0.25) is 0 Å². The Morgan fingerprint density at radius 2 is 1.87 bits per heavy atom. The van der Waals surface area contributed by atoms with Crippen molar-refractivity contribution in [3.8, 4) is 0 Å². The maximum Gasteiger partial charge on any atom is 0.415 e. The molecular formula is C23H30F2O4S. The molecule has 0 amide bonds. The summed E-state index contributed by atoms with van der Waals surface area (Å²) in [6, 6.07) is 9.01. The Hall–Kier alpha value is -1.18. The molecule has 1 N–H and O–H groups in total. The van der Waals surface area contributed by atoms with Gasteiger partial charge >= 0.3 is 11.2 Å². The number of unbranched alkanes of at least 4 members (excludes halogenated alkanes) is 1. The Labute approximate surface area is 180 Å². The number of aryl methyl sites for hydroxylation is 1. The van der Waals surface area contributed by atoms with Gasteiger partial charge in [0.2, 0.25) is 0 Å². The van der Waals surface area contributed by atoms with Gasteiger partial charge in [0.25, 0.3) is 0 Å². The van der Waals surface area contributed by atoms with Crippen molar-refractivity contribution in [2.75, 3.05) is 6.61 Å². The van der Waals surface area contributed by atoms with Gasteiger partial charge < -0.3 is 4.74 Å². The highest BCUT2D eigenvalue weighted by molar-refractivity contribution is 7.96. The second kappa shape index (κ2) is 8.40. The summed E-state index contributed by atoms with van der Waals surface area (Å²) in [4.78, 5) is 11.8. The van der Waals surface area contributed by atoms with Crippen molar-refractivity contribution in [1.29, 1.82) is 0 Å². The topological polar surface area (TPSA) is 55.8 Å². The fourth-order valence-corrected chi connectivity index (χ4v) is 6.97. The summed E-state index contributed by atoms with van der Waals surface area (Å²) in [5, 5.41) is 4.34. The summed E-state index contributed by atoms with van der Waals surface area (Å²) in [6.07, 6.45) is 9.67. The predicted molar refractivity (Wildman–Crippen MR) is 111 cm³/mol. The number of carbonyl (C=O) groups is 1. The minimum absolute atomic E-state index is 0.0107. The Bertz CT molecular complexity index is 753. The largest absolute Gasteiger partial charge is 0.460 e. The molecule has 4 aliphatic rings. The van der Waals surface area contributed by atoms with Crippen LogP contribution in [-0.2, 0) is 25.7 Å². The van der Waals surface area contributed by atoms with E-state index in [9.17, 15) is 13.6 Å². The Kier molecular flexibility index (Phi) is 6.17. The van der Waals surface area contributed by atoms with Gasteiger partial charge in [0.15, 0.2) is 0 Å². The number of carbonyl (C=O) groups excluding carboxylic acids is 1. The van der Waals surface area contributed by atoms with Gasteiger partial charge in [-0.1, -0.05) is 37.6 Å². The van der Waals surface area contributed by atoms with Crippen molar-refractivity contribution in [3.63, 3.8) is 0 Å². The van der Waals surface area contributed by atoms with E-state index in [0.29, 0.717) is 11.8 Å². The lowest BCUT2D eigenvalue weighted by Crippen LogP contribution is -2.55. The van der Waals surface area contributed by atoms with Gasteiger partial charge in [0.05, 0.1) is 6.61 Å². The molecule has 30 heavy (non-hydrogen) atoms. The highest BCUT2D eigenvalue weighted by Gasteiger charge is 2.59. The molecule has 4 nitrogen and oxygen atoms in total. The first kappa shape index (κ1) is 22.0. The van der Waals surface area contributed by atoms with E-state index in [-0.39, 0.29) is 17.4 Å². The number of hydrogen-bond acceptors (Lipinski definition) is 5. The van der Waals surface area contributed by atoms with E-state index < -0.39 is 23.3 Å². The molecule has 1 aromatic rings. The smallest absolute Gasteiger partial charge is 0.415 e. The zero-order valence-electron chi connectivity index (χ0n) is 17.4. The van der Waals surface area contributed by atoms with Crippen LogP contribution in [0.5, 0.6) is 0 Å². The van der Waals surface area contributed by atoms with Crippen molar-refractivity contribution < 1.29 is 27.9 Å². The molecule has 0 heterocycles. The maximum atomic E-state index is 13.6. The first-order valence-corrected chi connectivity index (χ1v) is 11.7. The van der Waals surface area contributed by atoms with Crippen molar-refractivity contribution in [2.24, 2.45) is 17.3 Å². The van der Waals surface area contributed by atoms with Crippen LogP contribution in [0.3, 0.4) is 0 Å². The third kappa shape index (κ3) is 4.26. The number of ether oxygens (including phenoxy) is 1. The Balaban J connectivity index is 1.50. The lowest BCUT2D eigenvalue weighted by molar-refractivity contribution is -0.175. The van der Waals surface area contributed by atoms with E-state index in [2.05, 4.69) is 35.5 Å². The van der Waals surface area contributed by atoms with Crippen LogP contribution >= 0.6 is 12.0 Å². The maximum absolute atomic E-state index is 13.6. The molecule has 2 atom stereocenters. The summed E-state index contributed by atoms with van der Waals surface area (Å²) in [7, 11) is 0. The first-order valence-electron chi connectivity index (χ1n) is 10.9. The third-order valence-corrected chi connectivity index (χ3v) is 7.91. The van der Waals surface area contributed by atoms with E-state index in [4.69, 9.17) is 9.99 Å². The van der Waals surface area contributed by atoms with Gasteiger partial charge in [-0.25, -0.2) is 10.1 Å². The lowest BCUT2D eigenvalue weighted by atomic mass is 9.43. The van der Waals surface area contributed by atoms with E-state index in [1.54, 1.807) is 0 Å². The normalized spacial score (nSPS) is 32.4. The zero-order valence-corrected chi connectivity index (χ0v) is 18.2. The Morgan fingerprint density at radius 1 is 1.20 bits per heavy atom. The van der Waals surface area contributed by atoms with Crippen LogP contribution in [0.1, 0.15) is 69.4 Å². The number of benzene rings is 1. The molecule has 4 saturated carbocycles. The molecule has 166 valence electrons. The van der Waals surface area contributed by atoms with E-state index in [1.165, 1.54) is 30.4 Å². The van der Waals surface area contributed by atoms with E-state index >= 15 is 0 Å². The lowest BCUT2D eigenvalue weighted by Gasteiger charge is -2.62. The van der Waals surface area contributed by atoms with Crippen molar-refractivity contribution in [2.45, 2.75) is 75.4 Å². The second-order valence-electron chi connectivity index (χ2n) is 9.79. The quantitative estimate of drug-likeness (QED) is 0.216. The average Bonchev–Trinajstić information content (AvgIpc) is 2.70. The van der Waals surface area contributed by atoms with Gasteiger partial charge in [0.1, 0.15) is 12.0 Å². The SMILES string of the molecule is CCCCc1ccc(C23CC4CC(CC(COC(=O)C(F)(F)SOO)(C4)C2)C3)cc1. The molecule has 5 rings (SSSR count). The van der Waals surface area contributed by atoms with Crippen LogP contribution in [0.4, 0.5) is 8.78 Å². The summed E-state index contributed by atoms with van der Waals surface area (Å²) < 4.78 is 35.8. The number of hydrogen-bond donors (Lipinski definition) is 1. The van der Waals surface area contributed by atoms with Gasteiger partial charge in [-0.15, -0.1) is 0 Å². The van der Waals surface area contributed by atoms with Crippen LogP contribution in [0.2, 0.25) is 0 Å². The predicted octanol–water partition coefficient (Wildman–Crippen LogP) is 6.14. The number of rotatable bonds is 9. The molecule has 1 aromatic carbocycles. The van der Waals surface area contributed by atoms with Crippen molar-refractivity contribution >= 4 is 18.0 Å². The van der Waals surface area contributed by atoms with Crippen LogP contribution in [-0.4, -0.2) is 23.1 Å². The van der Waals surface area contributed by atoms with Gasteiger partial charge in [0, 0.05) is 5.41 Å². The molecule has 4 fully saturated rings. The standard InChI is InChI=1S/C23H30F2O4S/c1-2-3-4-16-5-7-19(8-6-16)22-12-17-9-18(13-22)11-21(10-17,14-22)15-28-20(26)23(24,25)30-29-27/h5-8,17-18,27H,2-4,9-15H2,1H3. The minimum Gasteiger partial charge on any atom is -0.460 e. The minimum atomic E-state index is -3.91. The third-order valence-electron chi connectivity index (χ3n) is 7.46. The highest BCUT2D eigenvalue weighted by Crippen LogP contribution is 2.65. The molecular weight excluding hydrogens is 410 g/mol. The van der Waals surface area contributed by atoms with E-state index in [0.717, 1.165) is 38.5 Å². The monoisotopic (exact) mass is 440 g/mol. The highest BCUT2D eigenvalue weighted by atomic mass is 32.2. The molecule has 0 aliphatic heterocycles. The molecule has 0 aromatic heterocycles. The van der Waals surface area contributed by atoms with Crippen LogP contribution in [0, 0.1) is 17.3 Å². The summed E-state index contributed by atoms with van der Waals surface area (Å²) in [6.45, 7) is 2.21.